The van der Waals surface area contributed by atoms with Crippen molar-refractivity contribution < 1.29 is 9.72 Å². The Bertz CT molecular complexity index is 7980. The largest absolute Gasteiger partial charge is 0.303 e. The Kier molecular flexibility index (Phi) is 3.39. The molecule has 2 fully saturated rings. The maximum absolute atomic E-state index is 16.5. The molecule has 0 aliphatic heterocycles. The Morgan fingerprint density at radius 1 is 0.322 bits per heavy atom. The van der Waals surface area contributed by atoms with Gasteiger partial charge in [0.25, 0.3) is 5.69 Å². The molecule has 2 saturated carbocycles. The minimum absolute atomic E-state index is 0.0993. The molecule has 5 heteroatoms. The molecule has 4 spiro atoms. The molecule has 26 aromatic carbocycles. The molecule has 3 unspecified atom stereocenters. The van der Waals surface area contributed by atoms with E-state index in [2.05, 4.69) is 30.5 Å². The van der Waals surface area contributed by atoms with E-state index in [1.165, 1.54) is 11.1 Å². The number of hydrogen-bond acceptors (Lipinski definition) is 4. The zero-order chi connectivity index (χ0) is 53.2. The maximum Gasteiger partial charge on any atom is 0.269 e. The minimum atomic E-state index is -0.715. The number of non-ortho nitro benzene ring substituents is 1. The smallest absolute Gasteiger partial charge is 0.269 e. The third-order valence-corrected chi connectivity index (χ3v) is 31.5. The SMILES string of the molecule is O=CC12CCCc3ccc(cc3)CCCC3(C=Nc4ccc([N+](=O)[O-])cc4)C45c6c7c8c9c%10c%11c%12c%13c%14c%15c%16c(c-7c4c4c7c%17c%18c%19c(c%20c6c9c6c%20c9c%19c%19c%20c%18c%18c7c(c4%16)c4c%15c7c%13c%13c%12c%12c%10c6c6c9c%19c9c(c%126)c%13c6c7c4c%18c%20c69)C%1735)C%141C8%112. The van der Waals surface area contributed by atoms with Gasteiger partial charge in [-0.3, -0.25) is 15.1 Å². The summed E-state index contributed by atoms with van der Waals surface area (Å²) >= 11 is 0. The molecular formula is C82H22N2O3. The average Bonchev–Trinajstić information content (AvgIpc) is 1.34. The number of nitrogens with zero attached hydrogens (tertiary/aromatic N) is 2. The first-order valence-corrected chi connectivity index (χ1v) is 32.4. The fourth-order valence-electron chi connectivity index (χ4n) is 31.2. The van der Waals surface area contributed by atoms with Crippen LogP contribution >= 0.6 is 0 Å². The summed E-state index contributed by atoms with van der Waals surface area (Å²) in [6, 6.07) is 16.9. The number of aryl methyl sites for hydroxylation is 2. The third kappa shape index (κ3) is 2.00. The highest BCUT2D eigenvalue weighted by Crippen LogP contribution is 3.02. The van der Waals surface area contributed by atoms with Crippen LogP contribution in [0.5, 0.6) is 0 Å². The lowest BCUT2D eigenvalue weighted by Crippen LogP contribution is -2.28. The number of rotatable bonds is 4. The summed E-state index contributed by atoms with van der Waals surface area (Å²) in [6.45, 7) is 0. The summed E-state index contributed by atoms with van der Waals surface area (Å²) in [4.78, 5) is 34.5. The third-order valence-electron chi connectivity index (χ3n) is 31.5. The Morgan fingerprint density at radius 2 is 0.563 bits per heavy atom. The summed E-state index contributed by atoms with van der Waals surface area (Å²) in [5, 5.41) is 84.8. The number of aliphatic imine (C=N–C) groups is 1. The molecule has 12 bridgehead atoms. The molecule has 0 heterocycles. The lowest BCUT2D eigenvalue weighted by molar-refractivity contribution is -0.384. The number of aldehydes is 1. The Balaban J connectivity index is 0.967. The fraction of sp³-hybridized carbons (Fsp3) is 0.146. The molecule has 378 valence electrons. The maximum atomic E-state index is 16.5. The van der Waals surface area contributed by atoms with Crippen LogP contribution in [0.15, 0.2) is 53.5 Å². The molecule has 14 aliphatic carbocycles. The summed E-state index contributed by atoms with van der Waals surface area (Å²) < 4.78 is 0. The average molecular weight is 1080 g/mol. The molecule has 0 saturated heterocycles. The summed E-state index contributed by atoms with van der Waals surface area (Å²) in [5.41, 5.74) is 16.3. The molecule has 0 amide bonds. The van der Waals surface area contributed by atoms with Gasteiger partial charge < -0.3 is 4.79 Å². The van der Waals surface area contributed by atoms with Gasteiger partial charge in [-0.05, 0) is 365 Å². The predicted octanol–water partition coefficient (Wildman–Crippen LogP) is 19.7. The van der Waals surface area contributed by atoms with E-state index >= 15 is 4.79 Å². The van der Waals surface area contributed by atoms with E-state index in [-0.39, 0.29) is 10.6 Å². The topological polar surface area (TPSA) is 72.6 Å². The standard InChI is InChI=1S/C82H22N2O3/c85-16-78-14-2-4-18-7-5-17(6-8-18)3-1-13-77(15-83-19-9-11-20(12-10-19)84(86)87)79-69-55-45-34-25-21-22-24-29-23(21)30-27-32(25)40(45)51-43-36(27)47-38(30)49-42(29)50-39-31(24)28-33-26(22)35(34)46-41(33)52-44-37(28)48(39)62-66-54(44)64(60(52)70(79)56(46)55)74-68-67-73(80(74,77)79)63(59(51)69)53(43)65-61(47)71-57(49)58(50)72(62)82(78,76(66)68)81(71,78)75(65)67/h5-12,15-16H,1-4,13-14H2. The summed E-state index contributed by atoms with van der Waals surface area (Å²) in [7, 11) is 0. The van der Waals surface area contributed by atoms with Crippen LogP contribution < -0.4 is 0 Å². The lowest BCUT2D eigenvalue weighted by Gasteiger charge is -2.34. The molecule has 14 aliphatic rings. The molecule has 5 nitrogen and oxygen atoms in total. The predicted molar refractivity (Wildman–Crippen MR) is 351 cm³/mol. The van der Waals surface area contributed by atoms with Crippen molar-refractivity contribution in [3.63, 3.8) is 0 Å². The van der Waals surface area contributed by atoms with E-state index in [0.717, 1.165) is 44.2 Å². The highest BCUT2D eigenvalue weighted by molar-refractivity contribution is 6.79. The van der Waals surface area contributed by atoms with E-state index in [0.29, 0.717) is 0 Å². The van der Waals surface area contributed by atoms with E-state index in [1.807, 2.05) is 12.1 Å². The summed E-state index contributed by atoms with van der Waals surface area (Å²) in [5.74, 6) is 0. The zero-order valence-corrected chi connectivity index (χ0v) is 45.1. The van der Waals surface area contributed by atoms with Gasteiger partial charge in [-0.15, -0.1) is 0 Å². The van der Waals surface area contributed by atoms with Gasteiger partial charge in [0.05, 0.1) is 26.9 Å². The molecule has 3 atom stereocenters. The highest BCUT2D eigenvalue weighted by Gasteiger charge is 2.99. The van der Waals surface area contributed by atoms with E-state index in [1.54, 1.807) is 322 Å². The van der Waals surface area contributed by atoms with Gasteiger partial charge in [0.15, 0.2) is 0 Å². The second-order valence-corrected chi connectivity index (χ2v) is 31.6. The zero-order valence-electron chi connectivity index (χ0n) is 45.1. The van der Waals surface area contributed by atoms with Gasteiger partial charge in [0.1, 0.15) is 6.29 Å². The van der Waals surface area contributed by atoms with Crippen molar-refractivity contribution in [1.82, 2.24) is 0 Å². The minimum Gasteiger partial charge on any atom is -0.303 e. The van der Waals surface area contributed by atoms with Gasteiger partial charge in [-0.25, -0.2) is 0 Å². The van der Waals surface area contributed by atoms with Crippen LogP contribution in [0.4, 0.5) is 11.4 Å². The molecular weight excluding hydrogens is 1060 g/mol. The lowest BCUT2D eigenvalue weighted by atomic mass is 9.66. The van der Waals surface area contributed by atoms with Crippen molar-refractivity contribution in [3.8, 4) is 11.1 Å². The quantitative estimate of drug-likeness (QED) is 0.0579. The Labute approximate surface area is 480 Å². The van der Waals surface area contributed by atoms with Crippen LogP contribution in [0.3, 0.4) is 0 Å². The molecule has 0 radical (unpaired) electrons. The number of nitro groups is 1. The number of benzene rings is 18. The number of nitro benzene ring substituents is 1. The second kappa shape index (κ2) is 8.34. The van der Waals surface area contributed by atoms with Crippen LogP contribution in [0.25, 0.3) is 259 Å². The van der Waals surface area contributed by atoms with E-state index < -0.39 is 32.5 Å². The number of hydrogen-bond donors (Lipinski definition) is 0. The molecule has 87 heavy (non-hydrogen) atoms. The van der Waals surface area contributed by atoms with Crippen LogP contribution in [0.2, 0.25) is 0 Å². The van der Waals surface area contributed by atoms with Crippen molar-refractivity contribution in [2.75, 3.05) is 0 Å². The second-order valence-electron chi connectivity index (χ2n) is 31.6. The van der Waals surface area contributed by atoms with Crippen molar-refractivity contribution in [1.29, 1.82) is 0 Å². The van der Waals surface area contributed by atoms with Gasteiger partial charge in [-0.1, -0.05) is 24.3 Å². The van der Waals surface area contributed by atoms with Gasteiger partial charge >= 0.3 is 0 Å². The molecule has 0 aromatic heterocycles. The number of carbonyl (C=O) groups excluding carboxylic acids is 1. The fourth-order valence-corrected chi connectivity index (χ4v) is 31.2. The van der Waals surface area contributed by atoms with E-state index in [9.17, 15) is 10.1 Å². The Hall–Kier alpha value is -10.1. The summed E-state index contributed by atoms with van der Waals surface area (Å²) in [6.07, 6.45) is 9.93. The van der Waals surface area contributed by atoms with E-state index in [4.69, 9.17) is 4.99 Å². The first-order valence-electron chi connectivity index (χ1n) is 32.4. The van der Waals surface area contributed by atoms with Crippen molar-refractivity contribution >= 4 is 272 Å². The first-order chi connectivity index (χ1) is 43.1. The van der Waals surface area contributed by atoms with Gasteiger partial charge in [0, 0.05) is 34.6 Å². The monoisotopic (exact) mass is 1080 g/mol. The molecule has 0 N–H and O–H groups in total. The first kappa shape index (κ1) is 35.4. The molecule has 26 aromatic rings. The van der Waals surface area contributed by atoms with Crippen LogP contribution in [0, 0.1) is 20.9 Å². The number of carbonyl (C=O) groups is 1. The van der Waals surface area contributed by atoms with Crippen molar-refractivity contribution in [3.05, 3.63) is 114 Å². The van der Waals surface area contributed by atoms with Crippen molar-refractivity contribution in [2.24, 2.45) is 15.8 Å². The normalized spacial score (nSPS) is 28.8. The molecule has 40 rings (SSSR count). The Morgan fingerprint density at radius 3 is 0.851 bits per heavy atom. The van der Waals surface area contributed by atoms with Crippen molar-refractivity contribution in [2.45, 2.75) is 60.2 Å². The van der Waals surface area contributed by atoms with Gasteiger partial charge in [-0.2, -0.15) is 0 Å². The van der Waals surface area contributed by atoms with Crippen LogP contribution in [-0.4, -0.2) is 17.4 Å². The highest BCUT2D eigenvalue weighted by atomic mass is 16.6. The van der Waals surface area contributed by atoms with Crippen LogP contribution in [-0.2, 0) is 39.3 Å². The van der Waals surface area contributed by atoms with Crippen LogP contribution in [0.1, 0.15) is 81.3 Å². The van der Waals surface area contributed by atoms with Gasteiger partial charge in [0.2, 0.25) is 0 Å².